The number of ether oxygens (including phenoxy) is 1. The maximum atomic E-state index is 13.6. The Morgan fingerprint density at radius 1 is 1.15 bits per heavy atom. The molecule has 2 aromatic carbocycles. The van der Waals surface area contributed by atoms with Gasteiger partial charge in [0, 0.05) is 19.3 Å². The molecule has 180 valence electrons. The highest BCUT2D eigenvalue weighted by Crippen LogP contribution is 2.36. The number of carbonyl (C=O) groups is 1. The molecule has 1 aliphatic rings. The third kappa shape index (κ3) is 5.10. The van der Waals surface area contributed by atoms with E-state index in [0.29, 0.717) is 17.7 Å². The van der Waals surface area contributed by atoms with Gasteiger partial charge in [-0.15, -0.1) is 11.3 Å². The van der Waals surface area contributed by atoms with E-state index in [-0.39, 0.29) is 10.5 Å². The van der Waals surface area contributed by atoms with Gasteiger partial charge in [-0.3, -0.25) is 4.72 Å². The van der Waals surface area contributed by atoms with Gasteiger partial charge in [0.15, 0.2) is 0 Å². The zero-order valence-corrected chi connectivity index (χ0v) is 21.3. The summed E-state index contributed by atoms with van der Waals surface area (Å²) in [5.74, 6) is -0.573. The predicted octanol–water partition coefficient (Wildman–Crippen LogP) is 5.26. The lowest BCUT2D eigenvalue weighted by atomic mass is 10.1. The van der Waals surface area contributed by atoms with Gasteiger partial charge in [-0.1, -0.05) is 19.1 Å². The minimum Gasteiger partial charge on any atom is -0.465 e. The van der Waals surface area contributed by atoms with Crippen molar-refractivity contribution in [1.29, 1.82) is 0 Å². The average molecular weight is 500 g/mol. The van der Waals surface area contributed by atoms with Crippen molar-refractivity contribution in [2.75, 3.05) is 29.8 Å². The lowest BCUT2D eigenvalue weighted by molar-refractivity contribution is 0.0600. The van der Waals surface area contributed by atoms with E-state index in [0.717, 1.165) is 47.1 Å². The number of rotatable bonds is 7. The Kier molecular flexibility index (Phi) is 7.23. The van der Waals surface area contributed by atoms with Crippen LogP contribution in [0.4, 0.5) is 11.4 Å². The number of piperidine rings is 1. The van der Waals surface area contributed by atoms with Crippen LogP contribution in [0.1, 0.15) is 47.1 Å². The van der Waals surface area contributed by atoms with Gasteiger partial charge in [0.2, 0.25) is 0 Å². The van der Waals surface area contributed by atoms with Crippen LogP contribution >= 0.6 is 11.3 Å². The Hall–Kier alpha value is -2.91. The number of hydrogen-bond acceptors (Lipinski definition) is 7. The van der Waals surface area contributed by atoms with Crippen molar-refractivity contribution in [2.45, 2.75) is 44.4 Å². The van der Waals surface area contributed by atoms with Gasteiger partial charge >= 0.3 is 5.97 Å². The smallest absolute Gasteiger partial charge is 0.337 e. The summed E-state index contributed by atoms with van der Waals surface area (Å²) in [7, 11) is -2.69. The van der Waals surface area contributed by atoms with Crippen molar-refractivity contribution in [2.24, 2.45) is 0 Å². The van der Waals surface area contributed by atoms with Crippen LogP contribution in [0.2, 0.25) is 0 Å². The van der Waals surface area contributed by atoms with Crippen LogP contribution < -0.4 is 9.62 Å². The standard InChI is InChI=1S/C25H29N3O4S2/c1-4-18-8-9-20(25(29)32-3)15-24(18)34(30,31)27-21-14-19(23-16-26-17(2)33-23)10-11-22(21)28-12-6-5-7-13-28/h8-11,14-16,27H,4-7,12-13H2,1-3H3. The fourth-order valence-corrected chi connectivity index (χ4v) is 6.39. The van der Waals surface area contributed by atoms with Crippen molar-refractivity contribution < 1.29 is 17.9 Å². The molecule has 0 spiro atoms. The Morgan fingerprint density at radius 3 is 2.56 bits per heavy atom. The van der Waals surface area contributed by atoms with E-state index in [9.17, 15) is 13.2 Å². The zero-order valence-electron chi connectivity index (χ0n) is 19.6. The molecular weight excluding hydrogens is 470 g/mol. The van der Waals surface area contributed by atoms with E-state index < -0.39 is 16.0 Å². The van der Waals surface area contributed by atoms with Crippen LogP contribution in [0.5, 0.6) is 0 Å². The van der Waals surface area contributed by atoms with Crippen LogP contribution in [0.15, 0.2) is 47.5 Å². The number of aryl methyl sites for hydroxylation is 2. The zero-order chi connectivity index (χ0) is 24.3. The summed E-state index contributed by atoms with van der Waals surface area (Å²) < 4.78 is 34.9. The largest absolute Gasteiger partial charge is 0.465 e. The Morgan fingerprint density at radius 2 is 1.91 bits per heavy atom. The summed E-state index contributed by atoms with van der Waals surface area (Å²) in [4.78, 5) is 19.7. The van der Waals surface area contributed by atoms with Crippen LogP contribution in [-0.2, 0) is 21.2 Å². The van der Waals surface area contributed by atoms with E-state index in [1.807, 2.05) is 38.2 Å². The molecule has 0 bridgehead atoms. The average Bonchev–Trinajstić information content (AvgIpc) is 3.29. The first-order valence-corrected chi connectivity index (χ1v) is 13.7. The molecule has 34 heavy (non-hydrogen) atoms. The lowest BCUT2D eigenvalue weighted by Crippen LogP contribution is -2.30. The Bertz CT molecular complexity index is 1300. The second-order valence-electron chi connectivity index (χ2n) is 8.30. The van der Waals surface area contributed by atoms with E-state index in [1.165, 1.54) is 19.6 Å². The molecule has 2 heterocycles. The topological polar surface area (TPSA) is 88.6 Å². The highest BCUT2D eigenvalue weighted by molar-refractivity contribution is 7.92. The van der Waals surface area contributed by atoms with E-state index >= 15 is 0 Å². The summed E-state index contributed by atoms with van der Waals surface area (Å²) >= 11 is 1.57. The third-order valence-electron chi connectivity index (χ3n) is 6.00. The molecule has 4 rings (SSSR count). The molecule has 3 aromatic rings. The maximum absolute atomic E-state index is 13.6. The third-order valence-corrected chi connectivity index (χ3v) is 8.41. The van der Waals surface area contributed by atoms with E-state index in [4.69, 9.17) is 4.74 Å². The number of benzene rings is 2. The molecule has 9 heteroatoms. The first-order chi connectivity index (χ1) is 16.3. The number of carbonyl (C=O) groups excluding carboxylic acids is 1. The highest BCUT2D eigenvalue weighted by atomic mass is 32.2. The Balaban J connectivity index is 1.78. The molecule has 1 aromatic heterocycles. The number of sulfonamides is 1. The van der Waals surface area contributed by atoms with Crippen LogP contribution in [0.25, 0.3) is 10.4 Å². The summed E-state index contributed by atoms with van der Waals surface area (Å²) in [6.45, 7) is 5.59. The molecule has 0 aliphatic carbocycles. The predicted molar refractivity (Wildman–Crippen MR) is 136 cm³/mol. The van der Waals surface area contributed by atoms with Crippen LogP contribution in [0, 0.1) is 6.92 Å². The van der Waals surface area contributed by atoms with Gasteiger partial charge in [-0.05, 0) is 68.0 Å². The summed E-state index contributed by atoms with van der Waals surface area (Å²) in [5, 5.41) is 0.949. The number of nitrogens with zero attached hydrogens (tertiary/aromatic N) is 2. The summed E-state index contributed by atoms with van der Waals surface area (Å²) in [5.41, 5.74) is 3.12. The number of aromatic nitrogens is 1. The maximum Gasteiger partial charge on any atom is 0.337 e. The second-order valence-corrected chi connectivity index (χ2v) is 11.2. The molecule has 7 nitrogen and oxygen atoms in total. The quantitative estimate of drug-likeness (QED) is 0.446. The number of thiazole rings is 1. The van der Waals surface area contributed by atoms with Crippen LogP contribution in [-0.4, -0.2) is 39.6 Å². The van der Waals surface area contributed by atoms with Crippen molar-refractivity contribution >= 4 is 38.7 Å². The SMILES string of the molecule is CCc1ccc(C(=O)OC)cc1S(=O)(=O)Nc1cc(-c2cnc(C)s2)ccc1N1CCCCC1. The molecule has 1 aliphatic heterocycles. The summed E-state index contributed by atoms with van der Waals surface area (Å²) in [6.07, 6.45) is 5.64. The molecule has 1 saturated heterocycles. The monoisotopic (exact) mass is 499 g/mol. The summed E-state index contributed by atoms with van der Waals surface area (Å²) in [6, 6.07) is 10.5. The second kappa shape index (κ2) is 10.1. The minimum atomic E-state index is -3.97. The fourth-order valence-electron chi connectivity index (χ4n) is 4.22. The number of hydrogen-bond donors (Lipinski definition) is 1. The van der Waals surface area contributed by atoms with E-state index in [2.05, 4.69) is 14.6 Å². The van der Waals surface area contributed by atoms with Gasteiger partial charge in [-0.25, -0.2) is 18.2 Å². The molecule has 0 atom stereocenters. The first kappa shape index (κ1) is 24.2. The van der Waals surface area contributed by atoms with Crippen LogP contribution in [0.3, 0.4) is 0 Å². The van der Waals surface area contributed by atoms with Crippen molar-refractivity contribution in [3.8, 4) is 10.4 Å². The molecule has 0 radical (unpaired) electrons. The molecular formula is C25H29N3O4S2. The van der Waals surface area contributed by atoms with Crippen molar-refractivity contribution in [3.63, 3.8) is 0 Å². The van der Waals surface area contributed by atoms with E-state index in [1.54, 1.807) is 23.5 Å². The minimum absolute atomic E-state index is 0.0848. The highest BCUT2D eigenvalue weighted by Gasteiger charge is 2.24. The van der Waals surface area contributed by atoms with Gasteiger partial charge < -0.3 is 9.64 Å². The molecule has 0 unspecified atom stereocenters. The van der Waals surface area contributed by atoms with Gasteiger partial charge in [-0.2, -0.15) is 0 Å². The number of methoxy groups -OCH3 is 1. The first-order valence-electron chi connectivity index (χ1n) is 11.4. The van der Waals surface area contributed by atoms with Crippen molar-refractivity contribution in [3.05, 3.63) is 58.7 Å². The molecule has 1 N–H and O–H groups in total. The lowest BCUT2D eigenvalue weighted by Gasteiger charge is -2.31. The van der Waals surface area contributed by atoms with Gasteiger partial charge in [0.1, 0.15) is 0 Å². The van der Waals surface area contributed by atoms with Gasteiger partial charge in [0.05, 0.1) is 38.8 Å². The number of anilines is 2. The Labute approximate surface area is 204 Å². The van der Waals surface area contributed by atoms with Crippen molar-refractivity contribution in [1.82, 2.24) is 4.98 Å². The molecule has 0 saturated carbocycles. The molecule has 1 fully saturated rings. The molecule has 0 amide bonds. The number of esters is 1. The number of nitrogens with one attached hydrogen (secondary N) is 1. The fraction of sp³-hybridized carbons (Fsp3) is 0.360. The normalized spacial score (nSPS) is 14.1. The van der Waals surface area contributed by atoms with Gasteiger partial charge in [0.25, 0.3) is 10.0 Å².